The van der Waals surface area contributed by atoms with Crippen LogP contribution in [0.5, 0.6) is 0 Å². The molecule has 1 aromatic carbocycles. The molecule has 0 atom stereocenters. The third-order valence-corrected chi connectivity index (χ3v) is 3.40. The summed E-state index contributed by atoms with van der Waals surface area (Å²) >= 11 is 0. The van der Waals surface area contributed by atoms with Crippen LogP contribution < -0.4 is 5.32 Å². The van der Waals surface area contributed by atoms with Crippen LogP contribution in [0.4, 0.5) is 9.18 Å². The number of benzene rings is 1. The van der Waals surface area contributed by atoms with Gasteiger partial charge in [-0.1, -0.05) is 12.1 Å². The fourth-order valence-electron chi connectivity index (χ4n) is 2.19. The number of nitrogens with zero attached hydrogens (tertiary/aromatic N) is 1. The molecule has 0 bridgehead atoms. The molecule has 1 fully saturated rings. The quantitative estimate of drug-likeness (QED) is 0.577. The van der Waals surface area contributed by atoms with Crippen molar-refractivity contribution in [3.05, 3.63) is 35.6 Å². The number of carboxylic acids is 1. The zero-order chi connectivity index (χ0) is 14.7. The highest BCUT2D eigenvalue weighted by atomic mass is 19.1. The van der Waals surface area contributed by atoms with E-state index in [4.69, 9.17) is 5.11 Å². The summed E-state index contributed by atoms with van der Waals surface area (Å²) < 4.78 is 12.8. The van der Waals surface area contributed by atoms with Crippen LogP contribution in [-0.4, -0.2) is 40.0 Å². The Morgan fingerprint density at radius 3 is 2.45 bits per heavy atom. The Balaban J connectivity index is 1.81. The van der Waals surface area contributed by atoms with E-state index in [0.717, 1.165) is 5.56 Å². The van der Waals surface area contributed by atoms with Gasteiger partial charge in [-0.3, -0.25) is 10.0 Å². The van der Waals surface area contributed by atoms with E-state index in [-0.39, 0.29) is 17.8 Å². The normalized spacial score (nSPS) is 20.9. The number of rotatable bonds is 4. The molecule has 0 saturated heterocycles. The maximum atomic E-state index is 12.8. The molecule has 20 heavy (non-hydrogen) atoms. The van der Waals surface area contributed by atoms with Crippen LogP contribution in [0.25, 0.3) is 0 Å². The van der Waals surface area contributed by atoms with Crippen molar-refractivity contribution in [1.82, 2.24) is 10.4 Å². The number of carbonyl (C=O) groups excluding carboxylic acids is 1. The molecule has 1 aromatic rings. The van der Waals surface area contributed by atoms with Gasteiger partial charge < -0.3 is 10.4 Å². The third-order valence-electron chi connectivity index (χ3n) is 3.40. The molecule has 1 aliphatic carbocycles. The van der Waals surface area contributed by atoms with Gasteiger partial charge in [-0.25, -0.2) is 14.2 Å². The second-order valence-electron chi connectivity index (χ2n) is 4.77. The van der Waals surface area contributed by atoms with Gasteiger partial charge in [0.25, 0.3) is 0 Å². The number of hydroxylamine groups is 2. The molecule has 0 unspecified atom stereocenters. The van der Waals surface area contributed by atoms with Gasteiger partial charge in [0.2, 0.25) is 0 Å². The van der Waals surface area contributed by atoms with E-state index >= 15 is 0 Å². The van der Waals surface area contributed by atoms with Crippen LogP contribution in [0.2, 0.25) is 0 Å². The molecular weight excluding hydrogens is 267 g/mol. The monoisotopic (exact) mass is 282 g/mol. The van der Waals surface area contributed by atoms with E-state index in [9.17, 15) is 19.2 Å². The van der Waals surface area contributed by atoms with E-state index in [1.165, 1.54) is 12.1 Å². The molecule has 0 aromatic heterocycles. The molecule has 0 heterocycles. The maximum absolute atomic E-state index is 12.8. The minimum Gasteiger partial charge on any atom is -0.480 e. The van der Waals surface area contributed by atoms with Crippen LogP contribution >= 0.6 is 0 Å². The topological polar surface area (TPSA) is 89.9 Å². The minimum atomic E-state index is -1.18. The summed E-state index contributed by atoms with van der Waals surface area (Å²) in [7, 11) is 0. The van der Waals surface area contributed by atoms with Crippen LogP contribution in [0.3, 0.4) is 0 Å². The van der Waals surface area contributed by atoms with Crippen molar-refractivity contribution >= 4 is 12.0 Å². The molecule has 7 heteroatoms. The fourth-order valence-corrected chi connectivity index (χ4v) is 2.19. The highest BCUT2D eigenvalue weighted by molar-refractivity contribution is 5.79. The lowest BCUT2D eigenvalue weighted by Gasteiger charge is -2.39. The first-order chi connectivity index (χ1) is 9.47. The van der Waals surface area contributed by atoms with Gasteiger partial charge in [0.15, 0.2) is 0 Å². The first-order valence-corrected chi connectivity index (χ1v) is 6.20. The van der Waals surface area contributed by atoms with Gasteiger partial charge in [0, 0.05) is 0 Å². The molecule has 6 nitrogen and oxygen atoms in total. The highest BCUT2D eigenvalue weighted by Crippen LogP contribution is 2.39. The smallest absolute Gasteiger partial charge is 0.341 e. The molecule has 0 radical (unpaired) electrons. The van der Waals surface area contributed by atoms with Crippen LogP contribution in [-0.2, 0) is 4.79 Å². The summed E-state index contributed by atoms with van der Waals surface area (Å²) in [6.45, 7) is -0.538. The van der Waals surface area contributed by atoms with Crippen LogP contribution in [0.15, 0.2) is 24.3 Å². The lowest BCUT2D eigenvalue weighted by molar-refractivity contribution is -0.136. The van der Waals surface area contributed by atoms with Crippen molar-refractivity contribution in [3.8, 4) is 0 Å². The highest BCUT2D eigenvalue weighted by Gasteiger charge is 2.36. The largest absolute Gasteiger partial charge is 0.480 e. The summed E-state index contributed by atoms with van der Waals surface area (Å²) in [5.41, 5.74) is 0.960. The van der Waals surface area contributed by atoms with Crippen LogP contribution in [0.1, 0.15) is 24.3 Å². The Bertz CT molecular complexity index is 500. The zero-order valence-corrected chi connectivity index (χ0v) is 10.6. The molecule has 3 N–H and O–H groups in total. The van der Waals surface area contributed by atoms with Gasteiger partial charge in [-0.2, -0.15) is 0 Å². The number of carboxylic acid groups (broad SMARTS) is 1. The SMILES string of the molecule is O=C(O)CNC(=O)N(O)[C@H]1C[C@@H](c2ccc(F)cc2)C1. The molecule has 2 rings (SSSR count). The summed E-state index contributed by atoms with van der Waals surface area (Å²) in [5.74, 6) is -1.31. The summed E-state index contributed by atoms with van der Waals surface area (Å²) in [6, 6.07) is 4.94. The lowest BCUT2D eigenvalue weighted by Crippen LogP contribution is -2.50. The molecular formula is C13H15FN2O4. The number of hydrogen-bond acceptors (Lipinski definition) is 3. The Kier molecular flexibility index (Phi) is 4.19. The van der Waals surface area contributed by atoms with Crippen LogP contribution in [0, 0.1) is 5.82 Å². The minimum absolute atomic E-state index is 0.169. The van der Waals surface area contributed by atoms with E-state index in [2.05, 4.69) is 5.32 Å². The fraction of sp³-hybridized carbons (Fsp3) is 0.385. The van der Waals surface area contributed by atoms with Crippen molar-refractivity contribution < 1.29 is 24.3 Å². The molecule has 1 aliphatic rings. The Morgan fingerprint density at radius 2 is 1.90 bits per heavy atom. The maximum Gasteiger partial charge on any atom is 0.341 e. The number of urea groups is 1. The Labute approximate surface area is 114 Å². The first-order valence-electron chi connectivity index (χ1n) is 6.20. The number of aliphatic carboxylic acids is 1. The summed E-state index contributed by atoms with van der Waals surface area (Å²) in [6.07, 6.45) is 1.12. The summed E-state index contributed by atoms with van der Waals surface area (Å²) in [5, 5.41) is 20.7. The van der Waals surface area contributed by atoms with E-state index in [1.807, 2.05) is 0 Å². The van der Waals surface area contributed by atoms with E-state index < -0.39 is 18.5 Å². The van der Waals surface area contributed by atoms with Gasteiger partial charge in [0.05, 0.1) is 6.04 Å². The van der Waals surface area contributed by atoms with Crippen molar-refractivity contribution in [3.63, 3.8) is 0 Å². The third kappa shape index (κ3) is 3.24. The van der Waals surface area contributed by atoms with Gasteiger partial charge in [-0.15, -0.1) is 0 Å². The van der Waals surface area contributed by atoms with Crippen molar-refractivity contribution in [2.45, 2.75) is 24.8 Å². The van der Waals surface area contributed by atoms with Crippen molar-refractivity contribution in [2.75, 3.05) is 6.54 Å². The Hall–Kier alpha value is -2.15. The lowest BCUT2D eigenvalue weighted by atomic mass is 9.76. The van der Waals surface area contributed by atoms with Gasteiger partial charge in [-0.05, 0) is 36.5 Å². The van der Waals surface area contributed by atoms with Crippen molar-refractivity contribution in [2.24, 2.45) is 0 Å². The average Bonchev–Trinajstić information content (AvgIpc) is 2.36. The van der Waals surface area contributed by atoms with E-state index in [1.54, 1.807) is 12.1 Å². The predicted molar refractivity (Wildman–Crippen MR) is 66.8 cm³/mol. The molecule has 108 valence electrons. The molecule has 0 spiro atoms. The second kappa shape index (κ2) is 5.87. The number of hydrogen-bond donors (Lipinski definition) is 3. The number of carbonyl (C=O) groups is 2. The second-order valence-corrected chi connectivity index (χ2v) is 4.77. The molecule has 1 saturated carbocycles. The first kappa shape index (κ1) is 14.3. The van der Waals surface area contributed by atoms with Crippen molar-refractivity contribution in [1.29, 1.82) is 0 Å². The van der Waals surface area contributed by atoms with Gasteiger partial charge >= 0.3 is 12.0 Å². The van der Waals surface area contributed by atoms with E-state index in [0.29, 0.717) is 17.9 Å². The average molecular weight is 282 g/mol. The molecule has 0 aliphatic heterocycles. The number of nitrogens with one attached hydrogen (secondary N) is 1. The zero-order valence-electron chi connectivity index (χ0n) is 10.6. The Morgan fingerprint density at radius 1 is 1.30 bits per heavy atom. The standard InChI is InChI=1S/C13H15FN2O4/c14-10-3-1-8(2-4-10)9-5-11(6-9)16(20)13(19)15-7-12(17)18/h1-4,9,11,20H,5-7H2,(H,15,19)(H,17,18)/t9-,11+. The predicted octanol–water partition coefficient (Wildman–Crippen LogP) is 1.56. The number of amides is 2. The number of halogens is 1. The molecule has 2 amide bonds. The van der Waals surface area contributed by atoms with Gasteiger partial charge in [0.1, 0.15) is 12.4 Å². The summed E-state index contributed by atoms with van der Waals surface area (Å²) in [4.78, 5) is 21.7.